The molecule has 2 aromatic rings. The summed E-state index contributed by atoms with van der Waals surface area (Å²) in [7, 11) is 0. The minimum atomic E-state index is 0.755. The SMILES string of the molecule is Cc1ccc2c(c1)[nH]c(C)[n+]2CCCSOOO. The summed E-state index contributed by atoms with van der Waals surface area (Å²) in [5.74, 6) is 1.89. The molecule has 0 unspecified atom stereocenters. The van der Waals surface area contributed by atoms with Crippen molar-refractivity contribution < 1.29 is 19.2 Å². The molecule has 0 radical (unpaired) electrons. The Hall–Kier alpha value is -1.08. The summed E-state index contributed by atoms with van der Waals surface area (Å²) in [5, 5.41) is 11.5. The number of hydrogen-bond acceptors (Lipinski definition) is 4. The third kappa shape index (κ3) is 3.02. The Bertz CT molecular complexity index is 527. The quantitative estimate of drug-likeness (QED) is 0.278. The van der Waals surface area contributed by atoms with Crippen LogP contribution in [-0.4, -0.2) is 16.0 Å². The Balaban J connectivity index is 2.05. The van der Waals surface area contributed by atoms with Crippen LogP contribution in [0.1, 0.15) is 17.8 Å². The topological polar surface area (TPSA) is 58.4 Å². The summed E-state index contributed by atoms with van der Waals surface area (Å²) in [6.07, 6.45) is 0.931. The zero-order chi connectivity index (χ0) is 13.0. The molecule has 6 heteroatoms. The smallest absolute Gasteiger partial charge is 0.241 e. The van der Waals surface area contributed by atoms with E-state index in [1.807, 2.05) is 0 Å². The minimum absolute atomic E-state index is 0.755. The molecule has 98 valence electrons. The van der Waals surface area contributed by atoms with Crippen molar-refractivity contribution >= 4 is 23.1 Å². The van der Waals surface area contributed by atoms with Gasteiger partial charge in [0.2, 0.25) is 0 Å². The number of H-pyrrole nitrogens is 1. The number of aryl methyl sites for hydroxylation is 3. The first-order chi connectivity index (χ1) is 8.72. The number of rotatable bonds is 6. The maximum Gasteiger partial charge on any atom is 0.251 e. The van der Waals surface area contributed by atoms with E-state index in [4.69, 9.17) is 5.26 Å². The molecule has 18 heavy (non-hydrogen) atoms. The second-order valence-electron chi connectivity index (χ2n) is 4.20. The standard InChI is InChI=1S/C12H16N2O3S/c1-9-4-5-12-11(8-9)13-10(2)14(12)6-3-7-18-17-16-15/h4-5,8,15H,3,6-7H2,1-2H3/p+1. The van der Waals surface area contributed by atoms with E-state index in [1.165, 1.54) is 11.1 Å². The molecule has 0 saturated carbocycles. The number of benzene rings is 1. The second-order valence-corrected chi connectivity index (χ2v) is 4.98. The van der Waals surface area contributed by atoms with Gasteiger partial charge in [0.25, 0.3) is 5.82 Å². The molecule has 0 aliphatic heterocycles. The first kappa shape index (κ1) is 13.4. The summed E-state index contributed by atoms with van der Waals surface area (Å²) >= 11 is 1.09. The number of aromatic nitrogens is 2. The van der Waals surface area contributed by atoms with Gasteiger partial charge in [-0.3, -0.25) is 0 Å². The Morgan fingerprint density at radius 3 is 3.00 bits per heavy atom. The third-order valence-corrected chi connectivity index (χ3v) is 3.46. The van der Waals surface area contributed by atoms with Crippen LogP contribution in [-0.2, 0) is 15.9 Å². The van der Waals surface area contributed by atoms with Crippen molar-refractivity contribution in [2.75, 3.05) is 5.75 Å². The van der Waals surface area contributed by atoms with E-state index in [0.717, 1.165) is 42.1 Å². The lowest BCUT2D eigenvalue weighted by Crippen LogP contribution is -2.35. The molecule has 0 fully saturated rings. The van der Waals surface area contributed by atoms with E-state index in [9.17, 15) is 0 Å². The van der Waals surface area contributed by atoms with E-state index >= 15 is 0 Å². The van der Waals surface area contributed by atoms with E-state index < -0.39 is 0 Å². The summed E-state index contributed by atoms with van der Waals surface area (Å²) in [6, 6.07) is 6.40. The molecule has 2 N–H and O–H groups in total. The van der Waals surface area contributed by atoms with Gasteiger partial charge in [-0.05, 0) is 31.0 Å². The van der Waals surface area contributed by atoms with Crippen LogP contribution in [0.3, 0.4) is 0 Å². The van der Waals surface area contributed by atoms with E-state index in [-0.39, 0.29) is 0 Å². The summed E-state index contributed by atoms with van der Waals surface area (Å²) in [4.78, 5) is 3.38. The lowest BCUT2D eigenvalue weighted by Gasteiger charge is -1.99. The van der Waals surface area contributed by atoms with Crippen LogP contribution in [0.2, 0.25) is 0 Å². The highest BCUT2D eigenvalue weighted by Gasteiger charge is 2.14. The maximum absolute atomic E-state index is 8.01. The number of nitrogens with one attached hydrogen (secondary N) is 1. The normalized spacial score (nSPS) is 11.3. The molecule has 2 rings (SSSR count). The fraction of sp³-hybridized carbons (Fsp3) is 0.417. The number of fused-ring (bicyclic) bond motifs is 1. The zero-order valence-electron chi connectivity index (χ0n) is 10.5. The molecule has 0 amide bonds. The van der Waals surface area contributed by atoms with Crippen LogP contribution in [0.4, 0.5) is 0 Å². The highest BCUT2D eigenvalue weighted by molar-refractivity contribution is 7.94. The van der Waals surface area contributed by atoms with Gasteiger partial charge in [-0.2, -0.15) is 0 Å². The second kappa shape index (κ2) is 6.19. The molecule has 0 aliphatic carbocycles. The first-order valence-electron chi connectivity index (χ1n) is 5.81. The van der Waals surface area contributed by atoms with Gasteiger partial charge >= 0.3 is 0 Å². The molecule has 5 nitrogen and oxygen atoms in total. The van der Waals surface area contributed by atoms with Crippen molar-refractivity contribution in [1.29, 1.82) is 0 Å². The third-order valence-electron chi connectivity index (χ3n) is 2.85. The molecule has 1 aromatic heterocycles. The molecular formula is C12H17N2O3S+. The highest BCUT2D eigenvalue weighted by atomic mass is 32.2. The molecule has 1 aromatic carbocycles. The fourth-order valence-corrected chi connectivity index (χ4v) is 2.41. The number of imidazole rings is 1. The van der Waals surface area contributed by atoms with Crippen molar-refractivity contribution in [2.45, 2.75) is 26.8 Å². The molecule has 0 spiro atoms. The maximum atomic E-state index is 8.01. The van der Waals surface area contributed by atoms with Crippen molar-refractivity contribution in [3.05, 3.63) is 29.6 Å². The highest BCUT2D eigenvalue weighted by Crippen LogP contribution is 2.12. The summed E-state index contributed by atoms with van der Waals surface area (Å²) in [6.45, 7) is 5.05. The molecular weight excluding hydrogens is 252 g/mol. The Kier molecular flexibility index (Phi) is 4.60. The van der Waals surface area contributed by atoms with E-state index in [2.05, 4.69) is 51.0 Å². The van der Waals surface area contributed by atoms with Crippen molar-refractivity contribution in [3.8, 4) is 0 Å². The molecule has 0 saturated heterocycles. The lowest BCUT2D eigenvalue weighted by molar-refractivity contribution is -0.677. The molecule has 1 heterocycles. The lowest BCUT2D eigenvalue weighted by atomic mass is 10.2. The Labute approximate surface area is 110 Å². The van der Waals surface area contributed by atoms with Crippen molar-refractivity contribution in [2.24, 2.45) is 0 Å². The van der Waals surface area contributed by atoms with Gasteiger partial charge in [-0.15, -0.1) is 4.33 Å². The van der Waals surface area contributed by atoms with Gasteiger partial charge < -0.3 is 0 Å². The van der Waals surface area contributed by atoms with Crippen LogP contribution < -0.4 is 4.57 Å². The molecule has 0 bridgehead atoms. The van der Waals surface area contributed by atoms with Crippen LogP contribution in [0, 0.1) is 13.8 Å². The van der Waals surface area contributed by atoms with Crippen molar-refractivity contribution in [1.82, 2.24) is 4.98 Å². The summed E-state index contributed by atoms with van der Waals surface area (Å²) < 4.78 is 6.59. The van der Waals surface area contributed by atoms with Gasteiger partial charge in [0, 0.05) is 24.7 Å². The molecule has 0 atom stereocenters. The largest absolute Gasteiger partial charge is 0.251 e. The predicted molar refractivity (Wildman–Crippen MR) is 69.8 cm³/mol. The van der Waals surface area contributed by atoms with Gasteiger partial charge in [0.15, 0.2) is 11.0 Å². The number of nitrogens with zero attached hydrogens (tertiary/aromatic N) is 1. The van der Waals surface area contributed by atoms with Gasteiger partial charge in [-0.1, -0.05) is 11.1 Å². The van der Waals surface area contributed by atoms with Gasteiger partial charge in [-0.25, -0.2) is 14.8 Å². The van der Waals surface area contributed by atoms with E-state index in [1.54, 1.807) is 0 Å². The average molecular weight is 269 g/mol. The Morgan fingerprint density at radius 1 is 1.39 bits per heavy atom. The van der Waals surface area contributed by atoms with E-state index in [0.29, 0.717) is 0 Å². The fourth-order valence-electron chi connectivity index (χ4n) is 2.05. The first-order valence-corrected chi connectivity index (χ1v) is 6.72. The number of hydrogen-bond donors (Lipinski definition) is 2. The Morgan fingerprint density at radius 2 is 2.22 bits per heavy atom. The molecule has 0 aliphatic rings. The van der Waals surface area contributed by atoms with Gasteiger partial charge in [0.05, 0.1) is 6.54 Å². The monoisotopic (exact) mass is 269 g/mol. The number of aromatic amines is 1. The van der Waals surface area contributed by atoms with Crippen LogP contribution in [0.15, 0.2) is 18.2 Å². The van der Waals surface area contributed by atoms with Crippen LogP contribution in [0.5, 0.6) is 0 Å². The van der Waals surface area contributed by atoms with Gasteiger partial charge in [0.1, 0.15) is 0 Å². The van der Waals surface area contributed by atoms with Crippen LogP contribution in [0.25, 0.3) is 11.0 Å². The minimum Gasteiger partial charge on any atom is -0.241 e. The van der Waals surface area contributed by atoms with Crippen LogP contribution >= 0.6 is 12.0 Å². The average Bonchev–Trinajstić information content (AvgIpc) is 2.64. The summed E-state index contributed by atoms with van der Waals surface area (Å²) in [5.41, 5.74) is 3.62. The predicted octanol–water partition coefficient (Wildman–Crippen LogP) is 2.53. The van der Waals surface area contributed by atoms with Crippen molar-refractivity contribution in [3.63, 3.8) is 0 Å². The zero-order valence-corrected chi connectivity index (χ0v) is 11.3.